The van der Waals surface area contributed by atoms with E-state index in [4.69, 9.17) is 0 Å². The van der Waals surface area contributed by atoms with E-state index in [9.17, 15) is 0 Å². The Labute approximate surface area is 119 Å². The Morgan fingerprint density at radius 2 is 1.60 bits per heavy atom. The highest BCUT2D eigenvalue weighted by atomic mass is 14.7. The number of pyridine rings is 1. The average Bonchev–Trinajstić information content (AvgIpc) is 2.52. The second kappa shape index (κ2) is 6.04. The molecule has 96 valence electrons. The predicted octanol–water partition coefficient (Wildman–Crippen LogP) is 4.22. The van der Waals surface area contributed by atoms with Crippen LogP contribution in [-0.2, 0) is 6.42 Å². The minimum absolute atomic E-state index is 0.844. The monoisotopic (exact) mass is 257 g/mol. The maximum Gasteiger partial charge on any atom is 0.113 e. The Balaban J connectivity index is 1.69. The van der Waals surface area contributed by atoms with Crippen molar-refractivity contribution in [2.75, 3.05) is 0 Å². The molecular weight excluding hydrogens is 242 g/mol. The molecule has 1 heterocycles. The smallest absolute Gasteiger partial charge is 0.113 e. The number of aryl methyl sites for hydroxylation is 1. The van der Waals surface area contributed by atoms with E-state index in [-0.39, 0.29) is 0 Å². The van der Waals surface area contributed by atoms with Crippen LogP contribution in [0.2, 0.25) is 0 Å². The summed E-state index contributed by atoms with van der Waals surface area (Å²) in [4.78, 5) is 4.55. The largest absolute Gasteiger partial charge is 0.239 e. The number of para-hydroxylation sites is 1. The molecule has 3 rings (SSSR count). The van der Waals surface area contributed by atoms with Gasteiger partial charge in [-0.3, -0.25) is 0 Å². The van der Waals surface area contributed by atoms with Gasteiger partial charge in [0.15, 0.2) is 0 Å². The molecule has 0 saturated carbocycles. The molecule has 2 aromatic carbocycles. The van der Waals surface area contributed by atoms with Gasteiger partial charge in [0.2, 0.25) is 0 Å². The highest BCUT2D eigenvalue weighted by molar-refractivity contribution is 5.78. The first-order valence-corrected chi connectivity index (χ1v) is 6.80. The quantitative estimate of drug-likeness (QED) is 0.626. The molecular formula is C19H15N. The van der Waals surface area contributed by atoms with Crippen molar-refractivity contribution in [3.05, 3.63) is 78.0 Å². The fourth-order valence-corrected chi connectivity index (χ4v) is 2.14. The van der Waals surface area contributed by atoms with E-state index in [1.54, 1.807) is 0 Å². The maximum absolute atomic E-state index is 4.55. The summed E-state index contributed by atoms with van der Waals surface area (Å²) in [6.45, 7) is 0. The Morgan fingerprint density at radius 3 is 2.50 bits per heavy atom. The van der Waals surface area contributed by atoms with Crippen molar-refractivity contribution in [2.45, 2.75) is 12.8 Å². The molecule has 0 fully saturated rings. The second-order valence-corrected chi connectivity index (χ2v) is 4.68. The van der Waals surface area contributed by atoms with Crippen LogP contribution in [-0.4, -0.2) is 4.98 Å². The van der Waals surface area contributed by atoms with Crippen molar-refractivity contribution >= 4 is 10.9 Å². The second-order valence-electron chi connectivity index (χ2n) is 4.68. The summed E-state index contributed by atoms with van der Waals surface area (Å²) in [5.41, 5.74) is 3.17. The van der Waals surface area contributed by atoms with Crippen LogP contribution in [0.5, 0.6) is 0 Å². The number of benzene rings is 2. The molecule has 0 aliphatic rings. The van der Waals surface area contributed by atoms with Gasteiger partial charge in [-0.1, -0.05) is 60.5 Å². The van der Waals surface area contributed by atoms with Gasteiger partial charge in [-0.15, -0.1) is 0 Å². The van der Waals surface area contributed by atoms with Crippen LogP contribution in [0.1, 0.15) is 17.7 Å². The molecule has 0 bridgehead atoms. The van der Waals surface area contributed by atoms with Crippen LogP contribution in [0, 0.1) is 11.8 Å². The minimum Gasteiger partial charge on any atom is -0.239 e. The standard InChI is InChI=1S/C19H15N/c1-2-8-16(9-3-1)10-4-6-12-18-15-14-17-11-5-7-13-19(17)20-18/h1-3,5,7-9,11,13-15H,4,10H2. The van der Waals surface area contributed by atoms with Crippen molar-refractivity contribution in [1.29, 1.82) is 0 Å². The molecule has 3 aromatic rings. The third-order valence-corrected chi connectivity index (χ3v) is 3.20. The van der Waals surface area contributed by atoms with Crippen LogP contribution in [0.3, 0.4) is 0 Å². The van der Waals surface area contributed by atoms with Gasteiger partial charge in [0.1, 0.15) is 5.69 Å². The third kappa shape index (κ3) is 3.05. The van der Waals surface area contributed by atoms with E-state index in [0.29, 0.717) is 0 Å². The first-order chi connectivity index (χ1) is 9.92. The van der Waals surface area contributed by atoms with Gasteiger partial charge >= 0.3 is 0 Å². The molecule has 0 amide bonds. The summed E-state index contributed by atoms with van der Waals surface area (Å²) in [6.07, 6.45) is 1.85. The maximum atomic E-state index is 4.55. The van der Waals surface area contributed by atoms with E-state index in [1.807, 2.05) is 30.3 Å². The van der Waals surface area contributed by atoms with Gasteiger partial charge in [-0.05, 0) is 30.0 Å². The molecule has 0 saturated heterocycles. The van der Waals surface area contributed by atoms with E-state index < -0.39 is 0 Å². The summed E-state index contributed by atoms with van der Waals surface area (Å²) < 4.78 is 0. The zero-order chi connectivity index (χ0) is 13.6. The van der Waals surface area contributed by atoms with Crippen molar-refractivity contribution in [2.24, 2.45) is 0 Å². The molecule has 1 nitrogen and oxygen atoms in total. The van der Waals surface area contributed by atoms with E-state index >= 15 is 0 Å². The number of hydrogen-bond acceptors (Lipinski definition) is 1. The number of nitrogens with zero attached hydrogens (tertiary/aromatic N) is 1. The summed E-state index contributed by atoms with van der Waals surface area (Å²) in [7, 11) is 0. The molecule has 1 heteroatoms. The molecule has 0 radical (unpaired) electrons. The zero-order valence-corrected chi connectivity index (χ0v) is 11.2. The molecule has 0 spiro atoms. The normalized spacial score (nSPS) is 10.0. The van der Waals surface area contributed by atoms with Gasteiger partial charge in [-0.25, -0.2) is 4.98 Å². The number of rotatable bonds is 2. The number of aromatic nitrogens is 1. The predicted molar refractivity (Wildman–Crippen MR) is 83.4 cm³/mol. The van der Waals surface area contributed by atoms with Gasteiger partial charge in [-0.2, -0.15) is 0 Å². The number of hydrogen-bond donors (Lipinski definition) is 0. The molecule has 1 aromatic heterocycles. The van der Waals surface area contributed by atoms with Gasteiger partial charge in [0, 0.05) is 11.8 Å². The van der Waals surface area contributed by atoms with Gasteiger partial charge < -0.3 is 0 Å². The lowest BCUT2D eigenvalue weighted by atomic mass is 10.1. The molecule has 20 heavy (non-hydrogen) atoms. The first kappa shape index (κ1) is 12.4. The van der Waals surface area contributed by atoms with E-state index in [0.717, 1.165) is 29.4 Å². The van der Waals surface area contributed by atoms with E-state index in [1.165, 1.54) is 5.56 Å². The van der Waals surface area contributed by atoms with Crippen LogP contribution in [0.4, 0.5) is 0 Å². The van der Waals surface area contributed by atoms with E-state index in [2.05, 4.69) is 53.2 Å². The molecule has 0 unspecified atom stereocenters. The van der Waals surface area contributed by atoms with Crippen LogP contribution in [0.15, 0.2) is 66.7 Å². The molecule has 0 aliphatic carbocycles. The SMILES string of the molecule is C(#Cc1ccc2ccccc2n1)CCc1ccccc1. The molecule has 0 N–H and O–H groups in total. The summed E-state index contributed by atoms with van der Waals surface area (Å²) in [5, 5.41) is 1.15. The highest BCUT2D eigenvalue weighted by Gasteiger charge is 1.94. The lowest BCUT2D eigenvalue weighted by molar-refractivity contribution is 1.03. The Hall–Kier alpha value is -2.59. The van der Waals surface area contributed by atoms with Crippen molar-refractivity contribution < 1.29 is 0 Å². The van der Waals surface area contributed by atoms with Crippen LogP contribution in [0.25, 0.3) is 10.9 Å². The fourth-order valence-electron chi connectivity index (χ4n) is 2.14. The molecule has 0 aliphatic heterocycles. The third-order valence-electron chi connectivity index (χ3n) is 3.20. The van der Waals surface area contributed by atoms with Crippen molar-refractivity contribution in [3.8, 4) is 11.8 Å². The summed E-state index contributed by atoms with van der Waals surface area (Å²) in [5.74, 6) is 6.35. The molecule has 0 atom stereocenters. The fraction of sp³-hybridized carbons (Fsp3) is 0.105. The first-order valence-electron chi connectivity index (χ1n) is 6.80. The highest BCUT2D eigenvalue weighted by Crippen LogP contribution is 2.11. The Morgan fingerprint density at radius 1 is 0.800 bits per heavy atom. The minimum atomic E-state index is 0.844. The Bertz CT molecular complexity index is 764. The Kier molecular flexibility index (Phi) is 3.76. The lowest BCUT2D eigenvalue weighted by Crippen LogP contribution is -1.85. The van der Waals surface area contributed by atoms with Crippen LogP contribution >= 0.6 is 0 Å². The van der Waals surface area contributed by atoms with Gasteiger partial charge in [0.05, 0.1) is 5.52 Å². The van der Waals surface area contributed by atoms with Crippen LogP contribution < -0.4 is 0 Å². The average molecular weight is 257 g/mol. The van der Waals surface area contributed by atoms with Crippen molar-refractivity contribution in [1.82, 2.24) is 4.98 Å². The van der Waals surface area contributed by atoms with Crippen molar-refractivity contribution in [3.63, 3.8) is 0 Å². The summed E-state index contributed by atoms with van der Waals surface area (Å²) >= 11 is 0. The van der Waals surface area contributed by atoms with Gasteiger partial charge in [0.25, 0.3) is 0 Å². The summed E-state index contributed by atoms with van der Waals surface area (Å²) in [6, 6.07) is 22.6. The lowest BCUT2D eigenvalue weighted by Gasteiger charge is -1.97. The topological polar surface area (TPSA) is 12.9 Å². The zero-order valence-electron chi connectivity index (χ0n) is 11.2. The number of fused-ring (bicyclic) bond motifs is 1.